The molecule has 2 heterocycles. The van der Waals surface area contributed by atoms with E-state index in [0.29, 0.717) is 21.6 Å². The topological polar surface area (TPSA) is 104 Å². The second kappa shape index (κ2) is 8.34. The Hall–Kier alpha value is -3.69. The van der Waals surface area contributed by atoms with Gasteiger partial charge >= 0.3 is 0 Å². The highest BCUT2D eigenvalue weighted by atomic mass is 32.2. The fraction of sp³-hybridized carbons (Fsp3) is 0.0833. The van der Waals surface area contributed by atoms with Gasteiger partial charge in [-0.2, -0.15) is 0 Å². The molecule has 0 aliphatic heterocycles. The molecular weight excluding hydrogens is 456 g/mol. The Bertz CT molecular complexity index is 1570. The van der Waals surface area contributed by atoms with E-state index in [1.807, 2.05) is 37.4 Å². The molecular formula is C24H20N4O3S2. The van der Waals surface area contributed by atoms with Gasteiger partial charge in [0.25, 0.3) is 10.0 Å². The minimum atomic E-state index is -3.85. The van der Waals surface area contributed by atoms with Crippen LogP contribution in [0.1, 0.15) is 18.4 Å². The van der Waals surface area contributed by atoms with Gasteiger partial charge in [0, 0.05) is 45.1 Å². The SMILES string of the molecule is CC(C(=O)Nc1cccc2c(S(=O)(=O)Nc3nccs3)cccc12)c1c[nH]c2ccccc12. The van der Waals surface area contributed by atoms with Crippen LogP contribution in [0.25, 0.3) is 21.7 Å². The van der Waals surface area contributed by atoms with E-state index in [1.54, 1.807) is 41.8 Å². The lowest BCUT2D eigenvalue weighted by molar-refractivity contribution is -0.117. The first-order valence-corrected chi connectivity index (χ1v) is 12.6. The summed E-state index contributed by atoms with van der Waals surface area (Å²) in [5.74, 6) is -0.587. The number of carbonyl (C=O) groups excluding carboxylic acids is 1. The van der Waals surface area contributed by atoms with Gasteiger partial charge in [0.2, 0.25) is 5.91 Å². The molecule has 0 spiro atoms. The van der Waals surface area contributed by atoms with Gasteiger partial charge in [-0.05, 0) is 30.7 Å². The number of aromatic amines is 1. The molecule has 0 saturated heterocycles. The molecule has 2 aromatic heterocycles. The molecule has 9 heteroatoms. The first-order chi connectivity index (χ1) is 15.9. The summed E-state index contributed by atoms with van der Waals surface area (Å²) < 4.78 is 28.5. The van der Waals surface area contributed by atoms with E-state index in [4.69, 9.17) is 0 Å². The highest BCUT2D eigenvalue weighted by Gasteiger charge is 2.22. The molecule has 7 nitrogen and oxygen atoms in total. The zero-order valence-corrected chi connectivity index (χ0v) is 19.2. The molecule has 3 aromatic carbocycles. The summed E-state index contributed by atoms with van der Waals surface area (Å²) in [6.45, 7) is 1.85. The zero-order valence-electron chi connectivity index (χ0n) is 17.6. The second-order valence-electron chi connectivity index (χ2n) is 7.60. The van der Waals surface area contributed by atoms with Crippen LogP contribution in [-0.2, 0) is 14.8 Å². The molecule has 5 aromatic rings. The van der Waals surface area contributed by atoms with Gasteiger partial charge in [0.15, 0.2) is 5.13 Å². The minimum absolute atomic E-state index is 0.121. The standard InChI is InChI=1S/C24H20N4O3S2/c1-15(19-14-26-20-9-3-2-6-17(19)20)23(29)27-21-10-4-8-18-16(21)7-5-11-22(18)33(30,31)28-24-25-12-13-32-24/h2-15,26H,1H3,(H,25,28)(H,27,29). The normalized spacial score (nSPS) is 12.6. The second-order valence-corrected chi connectivity index (χ2v) is 10.1. The third-order valence-electron chi connectivity index (χ3n) is 5.56. The minimum Gasteiger partial charge on any atom is -0.361 e. The van der Waals surface area contributed by atoms with Crippen molar-refractivity contribution >= 4 is 59.8 Å². The van der Waals surface area contributed by atoms with E-state index in [1.165, 1.54) is 17.5 Å². The fourth-order valence-electron chi connectivity index (χ4n) is 3.90. The number of amides is 1. The van der Waals surface area contributed by atoms with Gasteiger partial charge in [-0.3, -0.25) is 9.52 Å². The molecule has 0 radical (unpaired) electrons. The number of fused-ring (bicyclic) bond motifs is 2. The number of nitrogens with one attached hydrogen (secondary N) is 3. The number of aromatic nitrogens is 2. The van der Waals surface area contributed by atoms with Crippen molar-refractivity contribution in [3.05, 3.63) is 84.0 Å². The molecule has 166 valence electrons. The first-order valence-electron chi connectivity index (χ1n) is 10.2. The maximum atomic E-state index is 13.1. The number of para-hydroxylation sites is 1. The summed E-state index contributed by atoms with van der Waals surface area (Å²) >= 11 is 1.20. The molecule has 3 N–H and O–H groups in total. The summed E-state index contributed by atoms with van der Waals surface area (Å²) in [7, 11) is -3.85. The number of rotatable bonds is 6. The Morgan fingerprint density at radius 1 is 1.00 bits per heavy atom. The van der Waals surface area contributed by atoms with Crippen molar-refractivity contribution in [3.63, 3.8) is 0 Å². The summed E-state index contributed by atoms with van der Waals surface area (Å²) in [5, 5.41) is 7.13. The van der Waals surface area contributed by atoms with Crippen LogP contribution >= 0.6 is 11.3 Å². The van der Waals surface area contributed by atoms with Crippen LogP contribution in [0.5, 0.6) is 0 Å². The predicted octanol–water partition coefficient (Wildman–Crippen LogP) is 5.32. The average molecular weight is 477 g/mol. The smallest absolute Gasteiger partial charge is 0.264 e. The number of H-pyrrole nitrogens is 1. The lowest BCUT2D eigenvalue weighted by atomic mass is 9.99. The van der Waals surface area contributed by atoms with E-state index >= 15 is 0 Å². The van der Waals surface area contributed by atoms with Gasteiger partial charge in [0.05, 0.1) is 10.8 Å². The molecule has 1 unspecified atom stereocenters. The van der Waals surface area contributed by atoms with E-state index in [9.17, 15) is 13.2 Å². The zero-order chi connectivity index (χ0) is 23.0. The number of thiazole rings is 1. The van der Waals surface area contributed by atoms with Crippen LogP contribution in [-0.4, -0.2) is 24.3 Å². The van der Waals surface area contributed by atoms with E-state index in [2.05, 4.69) is 20.0 Å². The van der Waals surface area contributed by atoms with Gasteiger partial charge < -0.3 is 10.3 Å². The summed E-state index contributed by atoms with van der Waals surface area (Å²) in [5.41, 5.74) is 2.43. The Balaban J connectivity index is 1.48. The number of carbonyl (C=O) groups is 1. The number of hydrogen-bond acceptors (Lipinski definition) is 5. The Morgan fingerprint density at radius 2 is 1.76 bits per heavy atom. The van der Waals surface area contributed by atoms with Crippen LogP contribution in [0, 0.1) is 0 Å². The summed E-state index contributed by atoms with van der Waals surface area (Å²) in [6, 6.07) is 18.1. The highest BCUT2D eigenvalue weighted by molar-refractivity contribution is 7.93. The third kappa shape index (κ3) is 3.96. The van der Waals surface area contributed by atoms with E-state index < -0.39 is 15.9 Å². The molecule has 33 heavy (non-hydrogen) atoms. The monoisotopic (exact) mass is 476 g/mol. The number of anilines is 2. The van der Waals surface area contributed by atoms with Crippen molar-refractivity contribution in [2.45, 2.75) is 17.7 Å². The Kier molecular flexibility index (Phi) is 5.35. The van der Waals surface area contributed by atoms with Crippen LogP contribution in [0.3, 0.4) is 0 Å². The number of sulfonamides is 1. The van der Waals surface area contributed by atoms with Crippen molar-refractivity contribution in [1.29, 1.82) is 0 Å². The van der Waals surface area contributed by atoms with Crippen molar-refractivity contribution in [1.82, 2.24) is 9.97 Å². The molecule has 1 amide bonds. The first kappa shape index (κ1) is 21.2. The Morgan fingerprint density at radius 3 is 2.58 bits per heavy atom. The number of nitrogens with zero attached hydrogens (tertiary/aromatic N) is 1. The number of hydrogen-bond donors (Lipinski definition) is 3. The third-order valence-corrected chi connectivity index (χ3v) is 7.78. The average Bonchev–Trinajstić information content (AvgIpc) is 3.48. The maximum Gasteiger partial charge on any atom is 0.264 e. The van der Waals surface area contributed by atoms with Crippen molar-refractivity contribution in [3.8, 4) is 0 Å². The fourth-order valence-corrected chi connectivity index (χ4v) is 5.91. The van der Waals surface area contributed by atoms with Crippen LogP contribution < -0.4 is 10.0 Å². The molecule has 0 aliphatic rings. The van der Waals surface area contributed by atoms with Gasteiger partial charge in [0.1, 0.15) is 0 Å². The predicted molar refractivity (Wildman–Crippen MR) is 132 cm³/mol. The largest absolute Gasteiger partial charge is 0.361 e. The highest BCUT2D eigenvalue weighted by Crippen LogP contribution is 2.32. The van der Waals surface area contributed by atoms with Crippen LogP contribution in [0.2, 0.25) is 0 Å². The summed E-state index contributed by atoms with van der Waals surface area (Å²) in [4.78, 5) is 20.4. The quantitative estimate of drug-likeness (QED) is 0.308. The van der Waals surface area contributed by atoms with Crippen molar-refractivity contribution < 1.29 is 13.2 Å². The molecule has 0 saturated carbocycles. The summed E-state index contributed by atoms with van der Waals surface area (Å²) in [6.07, 6.45) is 3.39. The molecule has 5 rings (SSSR count). The van der Waals surface area contributed by atoms with Crippen molar-refractivity contribution in [2.75, 3.05) is 10.0 Å². The molecule has 0 bridgehead atoms. The van der Waals surface area contributed by atoms with E-state index in [0.717, 1.165) is 16.5 Å². The lowest BCUT2D eigenvalue weighted by Crippen LogP contribution is -2.19. The van der Waals surface area contributed by atoms with Crippen LogP contribution in [0.4, 0.5) is 10.8 Å². The molecule has 0 fully saturated rings. The van der Waals surface area contributed by atoms with Gasteiger partial charge in [-0.25, -0.2) is 13.4 Å². The van der Waals surface area contributed by atoms with Gasteiger partial charge in [-0.15, -0.1) is 11.3 Å². The number of benzene rings is 3. The lowest BCUT2D eigenvalue weighted by Gasteiger charge is -2.15. The van der Waals surface area contributed by atoms with Crippen LogP contribution in [0.15, 0.2) is 83.3 Å². The Labute approximate surface area is 194 Å². The maximum absolute atomic E-state index is 13.1. The van der Waals surface area contributed by atoms with Gasteiger partial charge in [-0.1, -0.05) is 42.5 Å². The van der Waals surface area contributed by atoms with Crippen molar-refractivity contribution in [2.24, 2.45) is 0 Å². The molecule has 0 aliphatic carbocycles. The van der Waals surface area contributed by atoms with E-state index in [-0.39, 0.29) is 10.8 Å². The molecule has 1 atom stereocenters.